The van der Waals surface area contributed by atoms with Crippen molar-refractivity contribution in [2.24, 2.45) is 0 Å². The van der Waals surface area contributed by atoms with Crippen molar-refractivity contribution in [2.45, 2.75) is 0 Å². The molecule has 0 unspecified atom stereocenters. The minimum atomic E-state index is -3.73. The second-order valence-corrected chi connectivity index (χ2v) is 7.21. The summed E-state index contributed by atoms with van der Waals surface area (Å²) in [5.74, 6) is -2.31. The summed E-state index contributed by atoms with van der Waals surface area (Å²) >= 11 is 5.94. The summed E-state index contributed by atoms with van der Waals surface area (Å²) in [4.78, 5) is 12.8. The maximum atomic E-state index is 13.5. The summed E-state index contributed by atoms with van der Waals surface area (Å²) in [5.41, 5.74) is 4.93. The number of anilines is 2. The normalized spacial score (nSPS) is 14.6. The lowest BCUT2D eigenvalue weighted by atomic mass is 9.95. The first kappa shape index (κ1) is 17.0. The molecular weight excluding hydrogens is 373 g/mol. The fraction of sp³-hybridized carbons (Fsp3) is 0.0667. The highest BCUT2D eigenvalue weighted by Gasteiger charge is 2.30. The van der Waals surface area contributed by atoms with Gasteiger partial charge in [0.15, 0.2) is 11.5 Å². The van der Waals surface area contributed by atoms with Gasteiger partial charge in [0.05, 0.1) is 16.3 Å². The number of nitriles is 1. The number of ketones is 1. The van der Waals surface area contributed by atoms with Gasteiger partial charge < -0.3 is 10.5 Å². The Kier molecular flexibility index (Phi) is 4.02. The molecule has 1 heterocycles. The lowest BCUT2D eigenvalue weighted by Gasteiger charge is -2.22. The molecule has 25 heavy (non-hydrogen) atoms. The van der Waals surface area contributed by atoms with E-state index >= 15 is 0 Å². The Balaban J connectivity index is 2.23. The van der Waals surface area contributed by atoms with E-state index in [2.05, 4.69) is 4.72 Å². The predicted molar refractivity (Wildman–Crippen MR) is 88.4 cm³/mol. The van der Waals surface area contributed by atoms with Crippen molar-refractivity contribution in [1.82, 2.24) is 0 Å². The van der Waals surface area contributed by atoms with Gasteiger partial charge in [-0.1, -0.05) is 11.6 Å². The molecule has 0 radical (unpaired) electrons. The maximum absolute atomic E-state index is 13.5. The molecule has 0 atom stereocenters. The standard InChI is InChI=1S/C15H9ClFN3O4S/c16-10-2-1-7(17)3-8(10)14(21)13-9(5-18)15-12(4-11(13)19)20-25(22,23)6-24-15/h1-4,20H,6,19H2. The predicted octanol–water partition coefficient (Wildman–Crippen LogP) is 2.26. The van der Waals surface area contributed by atoms with Crippen LogP contribution in [-0.2, 0) is 10.0 Å². The van der Waals surface area contributed by atoms with Crippen LogP contribution in [0.1, 0.15) is 21.5 Å². The largest absolute Gasteiger partial charge is 0.472 e. The number of sulfonamides is 1. The summed E-state index contributed by atoms with van der Waals surface area (Å²) in [5, 5.41) is 9.41. The first-order chi connectivity index (χ1) is 11.7. The molecule has 0 aliphatic carbocycles. The summed E-state index contributed by atoms with van der Waals surface area (Å²) in [6, 6.07) is 6.15. The molecule has 2 aromatic carbocycles. The van der Waals surface area contributed by atoms with Gasteiger partial charge in [-0.15, -0.1) is 0 Å². The Bertz CT molecular complexity index is 1060. The molecule has 0 saturated heterocycles. The summed E-state index contributed by atoms with van der Waals surface area (Å²) < 4.78 is 43.9. The third kappa shape index (κ3) is 2.97. The first-order valence-electron chi connectivity index (χ1n) is 6.73. The van der Waals surface area contributed by atoms with E-state index < -0.39 is 27.6 Å². The number of carbonyl (C=O) groups excluding carboxylic acids is 1. The zero-order valence-electron chi connectivity index (χ0n) is 12.3. The number of benzene rings is 2. The number of rotatable bonds is 2. The van der Waals surface area contributed by atoms with Gasteiger partial charge >= 0.3 is 0 Å². The van der Waals surface area contributed by atoms with Crippen molar-refractivity contribution in [3.05, 3.63) is 51.8 Å². The molecular formula is C15H9ClFN3O4S. The Labute approximate surface area is 146 Å². The number of fused-ring (bicyclic) bond motifs is 1. The van der Waals surface area contributed by atoms with E-state index in [0.29, 0.717) is 0 Å². The molecule has 128 valence electrons. The summed E-state index contributed by atoms with van der Waals surface area (Å²) in [7, 11) is -3.73. The minimum Gasteiger partial charge on any atom is -0.472 e. The van der Waals surface area contributed by atoms with Crippen LogP contribution in [-0.4, -0.2) is 20.1 Å². The Morgan fingerprint density at radius 1 is 1.40 bits per heavy atom. The van der Waals surface area contributed by atoms with Gasteiger partial charge in [-0.2, -0.15) is 5.26 Å². The summed E-state index contributed by atoms with van der Waals surface area (Å²) in [6.07, 6.45) is 0. The van der Waals surface area contributed by atoms with Crippen LogP contribution >= 0.6 is 11.6 Å². The zero-order valence-corrected chi connectivity index (χ0v) is 13.9. The van der Waals surface area contributed by atoms with Crippen LogP contribution in [0.5, 0.6) is 5.75 Å². The van der Waals surface area contributed by atoms with Crippen molar-refractivity contribution in [2.75, 3.05) is 16.4 Å². The molecule has 0 bridgehead atoms. The Morgan fingerprint density at radius 2 is 2.12 bits per heavy atom. The van der Waals surface area contributed by atoms with Crippen LogP contribution < -0.4 is 15.2 Å². The minimum absolute atomic E-state index is 0.0194. The van der Waals surface area contributed by atoms with Crippen molar-refractivity contribution >= 4 is 38.8 Å². The smallest absolute Gasteiger partial charge is 0.268 e. The van der Waals surface area contributed by atoms with Crippen molar-refractivity contribution in [3.8, 4) is 11.8 Å². The van der Waals surface area contributed by atoms with Gasteiger partial charge in [0.2, 0.25) is 5.94 Å². The fourth-order valence-corrected chi connectivity index (χ4v) is 3.42. The second-order valence-electron chi connectivity index (χ2n) is 5.14. The van der Waals surface area contributed by atoms with E-state index in [0.717, 1.165) is 18.2 Å². The molecule has 1 aliphatic rings. The van der Waals surface area contributed by atoms with Gasteiger partial charge in [0.1, 0.15) is 17.4 Å². The van der Waals surface area contributed by atoms with Crippen LogP contribution in [0.3, 0.4) is 0 Å². The van der Waals surface area contributed by atoms with E-state index in [1.165, 1.54) is 6.07 Å². The van der Waals surface area contributed by atoms with Gasteiger partial charge in [0, 0.05) is 11.3 Å². The number of nitrogen functional groups attached to an aromatic ring is 1. The molecule has 0 aromatic heterocycles. The van der Waals surface area contributed by atoms with Crippen LogP contribution in [0.25, 0.3) is 0 Å². The highest BCUT2D eigenvalue weighted by atomic mass is 35.5. The highest BCUT2D eigenvalue weighted by Crippen LogP contribution is 2.39. The monoisotopic (exact) mass is 381 g/mol. The van der Waals surface area contributed by atoms with Gasteiger partial charge in [0.25, 0.3) is 10.0 Å². The average Bonchev–Trinajstić information content (AvgIpc) is 2.54. The van der Waals surface area contributed by atoms with E-state index in [1.807, 2.05) is 0 Å². The third-order valence-corrected chi connectivity index (χ3v) is 4.73. The maximum Gasteiger partial charge on any atom is 0.268 e. The molecule has 0 spiro atoms. The lowest BCUT2D eigenvalue weighted by molar-refractivity contribution is 0.103. The molecule has 7 nitrogen and oxygen atoms in total. The topological polar surface area (TPSA) is 122 Å². The highest BCUT2D eigenvalue weighted by molar-refractivity contribution is 7.92. The van der Waals surface area contributed by atoms with Crippen LogP contribution in [0.2, 0.25) is 5.02 Å². The summed E-state index contributed by atoms with van der Waals surface area (Å²) in [6.45, 7) is 0. The molecule has 0 saturated carbocycles. The van der Waals surface area contributed by atoms with E-state index in [9.17, 15) is 22.9 Å². The average molecular weight is 382 g/mol. The van der Waals surface area contributed by atoms with Crippen LogP contribution in [0.4, 0.5) is 15.8 Å². The molecule has 2 aromatic rings. The third-order valence-electron chi connectivity index (χ3n) is 3.45. The number of ether oxygens (including phenoxy) is 1. The number of nitrogens with zero attached hydrogens (tertiary/aromatic N) is 1. The molecule has 0 amide bonds. The number of carbonyl (C=O) groups is 1. The van der Waals surface area contributed by atoms with Gasteiger partial charge in [-0.25, -0.2) is 12.8 Å². The van der Waals surface area contributed by atoms with Gasteiger partial charge in [-0.3, -0.25) is 9.52 Å². The van der Waals surface area contributed by atoms with Crippen molar-refractivity contribution in [1.29, 1.82) is 5.26 Å². The number of hydrogen-bond acceptors (Lipinski definition) is 6. The van der Waals surface area contributed by atoms with Crippen LogP contribution in [0, 0.1) is 17.1 Å². The molecule has 3 rings (SSSR count). The SMILES string of the molecule is N#Cc1c2c(cc(N)c1C(=O)c1cc(F)ccc1Cl)NS(=O)(=O)CO2. The van der Waals surface area contributed by atoms with Gasteiger partial charge in [-0.05, 0) is 24.3 Å². The molecule has 3 N–H and O–H groups in total. The number of hydrogen-bond donors (Lipinski definition) is 2. The van der Waals surface area contributed by atoms with Crippen molar-refractivity contribution < 1.29 is 22.3 Å². The number of halogens is 2. The van der Waals surface area contributed by atoms with E-state index in [4.69, 9.17) is 22.1 Å². The molecule has 1 aliphatic heterocycles. The zero-order chi connectivity index (χ0) is 18.4. The second kappa shape index (κ2) is 5.91. The molecule has 0 fully saturated rings. The Hall–Kier alpha value is -2.83. The molecule has 10 heteroatoms. The lowest BCUT2D eigenvalue weighted by Crippen LogP contribution is -2.27. The van der Waals surface area contributed by atoms with Crippen LogP contribution in [0.15, 0.2) is 24.3 Å². The van der Waals surface area contributed by atoms with E-state index in [-0.39, 0.29) is 38.8 Å². The van der Waals surface area contributed by atoms with E-state index in [1.54, 1.807) is 6.07 Å². The number of nitrogens with one attached hydrogen (secondary N) is 1. The Morgan fingerprint density at radius 3 is 2.80 bits per heavy atom. The van der Waals surface area contributed by atoms with Crippen molar-refractivity contribution in [3.63, 3.8) is 0 Å². The quantitative estimate of drug-likeness (QED) is 0.607. The number of nitrogens with two attached hydrogens (primary N) is 1. The first-order valence-corrected chi connectivity index (χ1v) is 8.76. The fourth-order valence-electron chi connectivity index (χ4n) is 2.40.